The number of hydrogen-bond donors (Lipinski definition) is 0. The van der Waals surface area contributed by atoms with Gasteiger partial charge in [0.2, 0.25) is 0 Å². The van der Waals surface area contributed by atoms with E-state index in [1.54, 1.807) is 18.2 Å². The minimum Gasteiger partial charge on any atom is -0.235 e. The van der Waals surface area contributed by atoms with Crippen molar-refractivity contribution in [1.82, 2.24) is 4.98 Å². The average molecular weight is 210 g/mol. The number of hydrogen-bond acceptors (Lipinski definition) is 1. The van der Waals surface area contributed by atoms with E-state index >= 15 is 0 Å². The zero-order chi connectivity index (χ0) is 9.26. The van der Waals surface area contributed by atoms with Gasteiger partial charge >= 0.3 is 0 Å². The van der Waals surface area contributed by atoms with E-state index < -0.39 is 0 Å². The maximum Gasteiger partial charge on any atom is 0.131 e. The molecular formula is C10H5Cl2N. The Kier molecular flexibility index (Phi) is 2.24. The minimum atomic E-state index is 0.400. The average Bonchev–Trinajstić information content (AvgIpc) is 2.28. The summed E-state index contributed by atoms with van der Waals surface area (Å²) in [5.41, 5.74) is 4.58. The molecule has 0 bridgehead atoms. The molecule has 13 heavy (non-hydrogen) atoms. The fourth-order valence-electron chi connectivity index (χ4n) is 1.11. The van der Waals surface area contributed by atoms with Crippen molar-refractivity contribution in [2.75, 3.05) is 0 Å². The second-order valence-electron chi connectivity index (χ2n) is 2.56. The molecule has 1 aromatic heterocycles. The highest BCUT2D eigenvalue weighted by atomic mass is 35.5. The maximum atomic E-state index is 5.98. The van der Waals surface area contributed by atoms with Crippen molar-refractivity contribution >= 4 is 35.4 Å². The molecule has 0 amide bonds. The third-order valence-electron chi connectivity index (χ3n) is 1.68. The van der Waals surface area contributed by atoms with Crippen LogP contribution in [0.1, 0.15) is 11.3 Å². The Bertz CT molecular complexity index is 440. The van der Waals surface area contributed by atoms with Gasteiger partial charge in [-0.25, -0.2) is 4.98 Å². The van der Waals surface area contributed by atoms with Crippen molar-refractivity contribution in [3.8, 4) is 0 Å². The van der Waals surface area contributed by atoms with Crippen LogP contribution in [0.4, 0.5) is 0 Å². The second-order valence-corrected chi connectivity index (χ2v) is 3.36. The van der Waals surface area contributed by atoms with Crippen LogP contribution in [0.15, 0.2) is 23.9 Å². The van der Waals surface area contributed by atoms with Crippen molar-refractivity contribution < 1.29 is 0 Å². The fourth-order valence-corrected chi connectivity index (χ4v) is 1.63. The molecule has 0 unspecified atom stereocenters. The summed E-state index contributed by atoms with van der Waals surface area (Å²) in [6.45, 7) is 0. The minimum absolute atomic E-state index is 0.400. The molecule has 1 aliphatic rings. The van der Waals surface area contributed by atoms with E-state index in [0.717, 1.165) is 11.3 Å². The van der Waals surface area contributed by atoms with Crippen LogP contribution in [-0.4, -0.2) is 4.98 Å². The summed E-state index contributed by atoms with van der Waals surface area (Å²) < 4.78 is 0. The van der Waals surface area contributed by atoms with Gasteiger partial charge in [0.05, 0.1) is 10.7 Å². The number of pyridine rings is 1. The SMILES string of the molecule is Clc1cc(Cl)c2c(n1)C=C=CC=C2. The quantitative estimate of drug-likeness (QED) is 0.471. The van der Waals surface area contributed by atoms with Gasteiger partial charge in [0, 0.05) is 11.6 Å². The molecule has 0 aromatic carbocycles. The Morgan fingerprint density at radius 1 is 1.31 bits per heavy atom. The molecule has 0 radical (unpaired) electrons. The van der Waals surface area contributed by atoms with Gasteiger partial charge in [-0.15, -0.1) is 5.73 Å². The molecule has 0 atom stereocenters. The monoisotopic (exact) mass is 209 g/mol. The number of allylic oxidation sites excluding steroid dienone is 2. The molecule has 2 rings (SSSR count). The first-order valence-electron chi connectivity index (χ1n) is 3.72. The fraction of sp³-hybridized carbons (Fsp3) is 0. The molecule has 0 saturated heterocycles. The van der Waals surface area contributed by atoms with Crippen LogP contribution in [0.5, 0.6) is 0 Å². The number of nitrogens with zero attached hydrogens (tertiary/aromatic N) is 1. The molecule has 0 fully saturated rings. The normalized spacial score (nSPS) is 12.8. The number of rotatable bonds is 0. The highest BCUT2D eigenvalue weighted by Gasteiger charge is 2.06. The van der Waals surface area contributed by atoms with Gasteiger partial charge in [-0.05, 0) is 12.1 Å². The molecule has 0 saturated carbocycles. The zero-order valence-corrected chi connectivity index (χ0v) is 8.10. The molecule has 64 valence electrons. The molecule has 0 N–H and O–H groups in total. The summed E-state index contributed by atoms with van der Waals surface area (Å²) in [5.74, 6) is 0. The Balaban J connectivity index is 2.73. The van der Waals surface area contributed by atoms with Gasteiger partial charge in [0.1, 0.15) is 5.15 Å². The van der Waals surface area contributed by atoms with Gasteiger partial charge in [-0.2, -0.15) is 0 Å². The van der Waals surface area contributed by atoms with Gasteiger partial charge in [0.15, 0.2) is 0 Å². The van der Waals surface area contributed by atoms with E-state index in [0.29, 0.717) is 10.2 Å². The molecular weight excluding hydrogens is 205 g/mol. The third-order valence-corrected chi connectivity index (χ3v) is 2.19. The van der Waals surface area contributed by atoms with E-state index in [4.69, 9.17) is 23.2 Å². The predicted molar refractivity (Wildman–Crippen MR) is 55.8 cm³/mol. The topological polar surface area (TPSA) is 12.9 Å². The molecule has 3 heteroatoms. The molecule has 1 aromatic rings. The number of halogens is 2. The largest absolute Gasteiger partial charge is 0.235 e. The molecule has 0 spiro atoms. The maximum absolute atomic E-state index is 5.98. The summed E-state index contributed by atoms with van der Waals surface area (Å²) in [5, 5.41) is 1.01. The smallest absolute Gasteiger partial charge is 0.131 e. The Morgan fingerprint density at radius 2 is 2.15 bits per heavy atom. The van der Waals surface area contributed by atoms with E-state index in [2.05, 4.69) is 10.7 Å². The lowest BCUT2D eigenvalue weighted by Crippen LogP contribution is -1.88. The lowest BCUT2D eigenvalue weighted by molar-refractivity contribution is 1.28. The summed E-state index contributed by atoms with van der Waals surface area (Å²) in [6.07, 6.45) is 7.31. The van der Waals surface area contributed by atoms with E-state index in [1.807, 2.05) is 12.2 Å². The van der Waals surface area contributed by atoms with Crippen molar-refractivity contribution in [1.29, 1.82) is 0 Å². The zero-order valence-electron chi connectivity index (χ0n) is 6.59. The summed E-state index contributed by atoms with van der Waals surface area (Å²) in [7, 11) is 0. The van der Waals surface area contributed by atoms with Crippen LogP contribution in [0, 0.1) is 0 Å². The van der Waals surface area contributed by atoms with E-state index in [-0.39, 0.29) is 0 Å². The molecule has 1 heterocycles. The Morgan fingerprint density at radius 3 is 3.00 bits per heavy atom. The van der Waals surface area contributed by atoms with Crippen LogP contribution in [-0.2, 0) is 0 Å². The van der Waals surface area contributed by atoms with Crippen molar-refractivity contribution in [2.24, 2.45) is 0 Å². The number of aromatic nitrogens is 1. The van der Waals surface area contributed by atoms with Gasteiger partial charge in [0.25, 0.3) is 0 Å². The Labute approximate surface area is 86.0 Å². The molecule has 1 nitrogen and oxygen atoms in total. The first-order valence-corrected chi connectivity index (χ1v) is 4.48. The number of fused-ring (bicyclic) bond motifs is 1. The molecule has 0 aliphatic heterocycles. The Hall–Kier alpha value is -1.01. The molecule has 1 aliphatic carbocycles. The van der Waals surface area contributed by atoms with E-state index in [1.165, 1.54) is 0 Å². The lowest BCUT2D eigenvalue weighted by Gasteiger charge is -2.02. The predicted octanol–water partition coefficient (Wildman–Crippen LogP) is 3.58. The highest BCUT2D eigenvalue weighted by Crippen LogP contribution is 2.25. The van der Waals surface area contributed by atoms with Crippen LogP contribution >= 0.6 is 23.2 Å². The van der Waals surface area contributed by atoms with Crippen molar-refractivity contribution in [3.05, 3.63) is 45.4 Å². The van der Waals surface area contributed by atoms with Crippen LogP contribution in [0.25, 0.3) is 12.2 Å². The summed E-state index contributed by atoms with van der Waals surface area (Å²) >= 11 is 11.7. The van der Waals surface area contributed by atoms with Crippen LogP contribution in [0.2, 0.25) is 10.2 Å². The van der Waals surface area contributed by atoms with E-state index in [9.17, 15) is 0 Å². The summed E-state index contributed by atoms with van der Waals surface area (Å²) in [4.78, 5) is 4.13. The van der Waals surface area contributed by atoms with Crippen LogP contribution < -0.4 is 0 Å². The van der Waals surface area contributed by atoms with Gasteiger partial charge in [-0.1, -0.05) is 35.4 Å². The summed E-state index contributed by atoms with van der Waals surface area (Å²) in [6, 6.07) is 1.63. The third kappa shape index (κ3) is 1.68. The second kappa shape index (κ2) is 3.39. The standard InChI is InChI=1S/C10H5Cl2N/c11-8-6-10(12)13-9-5-3-1-2-4-7(8)9/h1-2,4-6H. The lowest BCUT2D eigenvalue weighted by atomic mass is 10.2. The van der Waals surface area contributed by atoms with Crippen LogP contribution in [0.3, 0.4) is 0 Å². The van der Waals surface area contributed by atoms with Gasteiger partial charge in [-0.3, -0.25) is 0 Å². The first-order chi connectivity index (χ1) is 6.27. The first kappa shape index (κ1) is 8.58. The van der Waals surface area contributed by atoms with Crippen molar-refractivity contribution in [2.45, 2.75) is 0 Å². The van der Waals surface area contributed by atoms with Crippen molar-refractivity contribution in [3.63, 3.8) is 0 Å². The highest BCUT2D eigenvalue weighted by molar-refractivity contribution is 6.35. The van der Waals surface area contributed by atoms with Gasteiger partial charge < -0.3 is 0 Å².